The van der Waals surface area contributed by atoms with Crippen LogP contribution in [0.25, 0.3) is 0 Å². The van der Waals surface area contributed by atoms with Gasteiger partial charge in [-0.15, -0.1) is 0 Å². The van der Waals surface area contributed by atoms with Crippen molar-refractivity contribution in [3.8, 4) is 0 Å². The van der Waals surface area contributed by atoms with Gasteiger partial charge in [0, 0.05) is 33.8 Å². The number of anilines is 2. The molecule has 1 aliphatic heterocycles. The van der Waals surface area contributed by atoms with Gasteiger partial charge in [0.05, 0.1) is 6.61 Å². The van der Waals surface area contributed by atoms with Gasteiger partial charge in [-0.3, -0.25) is 0 Å². The minimum absolute atomic E-state index is 0.0684. The molecule has 9 heteroatoms. The first-order chi connectivity index (χ1) is 8.94. The Morgan fingerprint density at radius 2 is 2.11 bits per heavy atom. The van der Waals surface area contributed by atoms with Crippen molar-refractivity contribution in [1.29, 1.82) is 0 Å². The molecule has 108 valence electrons. The van der Waals surface area contributed by atoms with Crippen LogP contribution in [-0.2, 0) is 14.8 Å². The van der Waals surface area contributed by atoms with E-state index in [1.165, 1.54) is 14.1 Å². The standard InChI is InChI=1S/C10H18N4O3S2/c1-13(2)19(15,16)8-9(11)12-18-10(8)14-4-3-6-17-7-5-14/h3-7H2,1-2H3,(H2,11,12). The van der Waals surface area contributed by atoms with Crippen LogP contribution in [-0.4, -0.2) is 57.5 Å². The average molecular weight is 306 g/mol. The lowest BCUT2D eigenvalue weighted by Gasteiger charge is -2.22. The highest BCUT2D eigenvalue weighted by Gasteiger charge is 2.30. The van der Waals surface area contributed by atoms with Crippen LogP contribution >= 0.6 is 11.5 Å². The zero-order chi connectivity index (χ0) is 14.0. The Hall–Kier alpha value is -0.900. The van der Waals surface area contributed by atoms with Gasteiger partial charge in [-0.1, -0.05) is 0 Å². The molecule has 7 nitrogen and oxygen atoms in total. The average Bonchev–Trinajstić information content (AvgIpc) is 2.59. The lowest BCUT2D eigenvalue weighted by molar-refractivity contribution is 0.152. The van der Waals surface area contributed by atoms with Crippen molar-refractivity contribution in [1.82, 2.24) is 8.68 Å². The van der Waals surface area contributed by atoms with Crippen LogP contribution in [0.2, 0.25) is 0 Å². The molecule has 19 heavy (non-hydrogen) atoms. The summed E-state index contributed by atoms with van der Waals surface area (Å²) in [5, 5.41) is 0.608. The lowest BCUT2D eigenvalue weighted by atomic mass is 10.4. The highest BCUT2D eigenvalue weighted by molar-refractivity contribution is 7.89. The third kappa shape index (κ3) is 2.83. The monoisotopic (exact) mass is 306 g/mol. The molecule has 0 atom stereocenters. The molecule has 0 aromatic carbocycles. The maximum absolute atomic E-state index is 12.3. The van der Waals surface area contributed by atoms with Gasteiger partial charge in [-0.2, -0.15) is 4.37 Å². The first kappa shape index (κ1) is 14.5. The first-order valence-corrected chi connectivity index (χ1v) is 8.16. The largest absolute Gasteiger partial charge is 0.382 e. The van der Waals surface area contributed by atoms with Gasteiger partial charge in [-0.25, -0.2) is 12.7 Å². The summed E-state index contributed by atoms with van der Waals surface area (Å²) in [5.41, 5.74) is 5.75. The van der Waals surface area contributed by atoms with Crippen LogP contribution in [0.5, 0.6) is 0 Å². The summed E-state index contributed by atoms with van der Waals surface area (Å²) in [6.07, 6.45) is 0.860. The van der Waals surface area contributed by atoms with Crippen LogP contribution in [0.15, 0.2) is 4.90 Å². The van der Waals surface area contributed by atoms with Crippen molar-refractivity contribution in [2.24, 2.45) is 0 Å². The molecule has 0 unspecified atom stereocenters. The Labute approximate surface area is 117 Å². The molecule has 0 amide bonds. The van der Waals surface area contributed by atoms with Crippen LogP contribution in [0.4, 0.5) is 10.8 Å². The molecule has 1 fully saturated rings. The van der Waals surface area contributed by atoms with Crippen LogP contribution in [0, 0.1) is 0 Å². The summed E-state index contributed by atoms with van der Waals surface area (Å²) in [6, 6.07) is 0. The van der Waals surface area contributed by atoms with E-state index in [0.29, 0.717) is 24.8 Å². The molecule has 0 spiro atoms. The number of nitrogens with two attached hydrogens (primary N) is 1. The lowest BCUT2D eigenvalue weighted by Crippen LogP contribution is -2.29. The fourth-order valence-corrected chi connectivity index (χ4v) is 4.13. The molecule has 2 rings (SSSR count). The number of nitrogen functional groups attached to an aromatic ring is 1. The van der Waals surface area contributed by atoms with E-state index in [1.807, 2.05) is 4.90 Å². The number of sulfonamides is 1. The second-order valence-electron chi connectivity index (χ2n) is 4.44. The molecule has 1 aromatic heterocycles. The van der Waals surface area contributed by atoms with E-state index in [9.17, 15) is 8.42 Å². The summed E-state index contributed by atoms with van der Waals surface area (Å²) in [7, 11) is -0.607. The van der Waals surface area contributed by atoms with Gasteiger partial charge in [0.2, 0.25) is 10.0 Å². The fraction of sp³-hybridized carbons (Fsp3) is 0.700. The quantitative estimate of drug-likeness (QED) is 0.858. The van der Waals surface area contributed by atoms with E-state index in [2.05, 4.69) is 4.37 Å². The van der Waals surface area contributed by atoms with Crippen molar-refractivity contribution in [3.63, 3.8) is 0 Å². The number of hydrogen-bond acceptors (Lipinski definition) is 7. The van der Waals surface area contributed by atoms with Gasteiger partial charge in [0.1, 0.15) is 5.00 Å². The Morgan fingerprint density at radius 1 is 1.37 bits per heavy atom. The van der Waals surface area contributed by atoms with Crippen molar-refractivity contribution in [2.45, 2.75) is 11.3 Å². The Morgan fingerprint density at radius 3 is 2.79 bits per heavy atom. The van der Waals surface area contributed by atoms with Crippen LogP contribution < -0.4 is 10.6 Å². The fourth-order valence-electron chi connectivity index (χ4n) is 1.86. The van der Waals surface area contributed by atoms with E-state index in [4.69, 9.17) is 10.5 Å². The van der Waals surface area contributed by atoms with Gasteiger partial charge >= 0.3 is 0 Å². The summed E-state index contributed by atoms with van der Waals surface area (Å²) < 4.78 is 35.2. The zero-order valence-electron chi connectivity index (χ0n) is 11.0. The highest BCUT2D eigenvalue weighted by atomic mass is 32.2. The summed E-state index contributed by atoms with van der Waals surface area (Å²) >= 11 is 1.13. The third-order valence-corrected chi connectivity index (χ3v) is 5.84. The smallest absolute Gasteiger partial charge is 0.249 e. The molecule has 1 aromatic rings. The second kappa shape index (κ2) is 5.61. The summed E-state index contributed by atoms with van der Waals surface area (Å²) in [6.45, 7) is 2.68. The second-order valence-corrected chi connectivity index (χ2v) is 7.28. The van der Waals surface area contributed by atoms with Gasteiger partial charge in [0.25, 0.3) is 0 Å². The van der Waals surface area contributed by atoms with Crippen LogP contribution in [0.1, 0.15) is 6.42 Å². The van der Waals surface area contributed by atoms with Gasteiger partial charge < -0.3 is 15.4 Å². The van der Waals surface area contributed by atoms with E-state index >= 15 is 0 Å². The minimum Gasteiger partial charge on any atom is -0.382 e. The predicted molar refractivity (Wildman–Crippen MR) is 75.0 cm³/mol. The van der Waals surface area contributed by atoms with E-state index < -0.39 is 10.0 Å². The normalized spacial score (nSPS) is 17.7. The first-order valence-electron chi connectivity index (χ1n) is 5.95. The Bertz CT molecular complexity index is 533. The highest BCUT2D eigenvalue weighted by Crippen LogP contribution is 2.36. The molecule has 1 aliphatic rings. The van der Waals surface area contributed by atoms with Crippen molar-refractivity contribution in [3.05, 3.63) is 0 Å². The number of aromatic nitrogens is 1. The summed E-state index contributed by atoms with van der Waals surface area (Å²) in [5.74, 6) is 0.0684. The molecule has 2 N–H and O–H groups in total. The molecular weight excluding hydrogens is 288 g/mol. The van der Waals surface area contributed by atoms with Gasteiger partial charge in [-0.05, 0) is 18.0 Å². The van der Waals surface area contributed by atoms with Crippen molar-refractivity contribution >= 4 is 32.4 Å². The maximum Gasteiger partial charge on any atom is 0.249 e. The number of nitrogens with zero attached hydrogens (tertiary/aromatic N) is 3. The Kier molecular flexibility index (Phi) is 4.29. The predicted octanol–water partition coefficient (Wildman–Crippen LogP) is 0.202. The SMILES string of the molecule is CN(C)S(=O)(=O)c1c(N)nsc1N1CCCOCC1. The summed E-state index contributed by atoms with van der Waals surface area (Å²) in [4.78, 5) is 2.10. The molecule has 0 bridgehead atoms. The topological polar surface area (TPSA) is 88.8 Å². The van der Waals surface area contributed by atoms with Crippen LogP contribution in [0.3, 0.4) is 0 Å². The van der Waals surface area contributed by atoms with Gasteiger partial charge in [0.15, 0.2) is 10.7 Å². The number of hydrogen-bond donors (Lipinski definition) is 1. The Balaban J connectivity index is 2.42. The molecular formula is C10H18N4O3S2. The van der Waals surface area contributed by atoms with E-state index in [0.717, 1.165) is 28.8 Å². The van der Waals surface area contributed by atoms with E-state index in [-0.39, 0.29) is 10.7 Å². The molecule has 2 heterocycles. The minimum atomic E-state index is -3.58. The third-order valence-electron chi connectivity index (χ3n) is 2.91. The number of rotatable bonds is 3. The molecule has 1 saturated heterocycles. The van der Waals surface area contributed by atoms with Crippen molar-refractivity contribution < 1.29 is 13.2 Å². The molecule has 0 saturated carbocycles. The molecule has 0 aliphatic carbocycles. The van der Waals surface area contributed by atoms with E-state index in [1.54, 1.807) is 0 Å². The zero-order valence-corrected chi connectivity index (χ0v) is 12.6. The van der Waals surface area contributed by atoms with Crippen molar-refractivity contribution in [2.75, 3.05) is 51.0 Å². The maximum atomic E-state index is 12.3. The molecule has 0 radical (unpaired) electrons. The number of ether oxygens (including phenoxy) is 1.